The van der Waals surface area contributed by atoms with Gasteiger partial charge < -0.3 is 10.1 Å². The molecule has 23 heavy (non-hydrogen) atoms. The number of amides is 1. The lowest BCUT2D eigenvalue weighted by atomic mass is 10.1. The Balaban J connectivity index is 1.89. The number of benzene rings is 2. The van der Waals surface area contributed by atoms with Crippen molar-refractivity contribution in [3.63, 3.8) is 0 Å². The molecule has 0 saturated carbocycles. The summed E-state index contributed by atoms with van der Waals surface area (Å²) in [6.45, 7) is 1.38. The standard InChI is InChI=1S/C17H15ClFNO3/c1-11(21)15-8-14(19)6-7-16(15)23-10-17(22)20-9-12-2-4-13(18)5-3-12/h2-8H,9-10H2,1H3,(H,20,22). The molecule has 0 atom stereocenters. The fourth-order valence-electron chi connectivity index (χ4n) is 1.90. The highest BCUT2D eigenvalue weighted by Gasteiger charge is 2.11. The van der Waals surface area contributed by atoms with E-state index in [9.17, 15) is 14.0 Å². The predicted octanol–water partition coefficient (Wildman–Crippen LogP) is 3.38. The zero-order chi connectivity index (χ0) is 16.8. The maximum Gasteiger partial charge on any atom is 0.258 e. The quantitative estimate of drug-likeness (QED) is 0.823. The van der Waals surface area contributed by atoms with Gasteiger partial charge in [-0.3, -0.25) is 9.59 Å². The summed E-state index contributed by atoms with van der Waals surface area (Å²) in [5.41, 5.74) is 1.00. The molecule has 0 saturated heterocycles. The van der Waals surface area contributed by atoms with Gasteiger partial charge in [-0.1, -0.05) is 23.7 Å². The van der Waals surface area contributed by atoms with E-state index >= 15 is 0 Å². The summed E-state index contributed by atoms with van der Waals surface area (Å²) >= 11 is 5.78. The van der Waals surface area contributed by atoms with E-state index in [0.29, 0.717) is 11.6 Å². The summed E-state index contributed by atoms with van der Waals surface area (Å²) < 4.78 is 18.4. The van der Waals surface area contributed by atoms with Crippen molar-refractivity contribution in [1.82, 2.24) is 5.32 Å². The molecule has 6 heteroatoms. The molecule has 0 spiro atoms. The summed E-state index contributed by atoms with van der Waals surface area (Å²) in [6, 6.07) is 10.7. The average Bonchev–Trinajstić information content (AvgIpc) is 2.53. The minimum Gasteiger partial charge on any atom is -0.483 e. The fourth-order valence-corrected chi connectivity index (χ4v) is 2.03. The number of carbonyl (C=O) groups excluding carboxylic acids is 2. The number of nitrogens with one attached hydrogen (secondary N) is 1. The van der Waals surface area contributed by atoms with Crippen LogP contribution in [0.4, 0.5) is 4.39 Å². The smallest absolute Gasteiger partial charge is 0.258 e. The minimum absolute atomic E-state index is 0.107. The van der Waals surface area contributed by atoms with Crippen LogP contribution in [0.2, 0.25) is 5.02 Å². The van der Waals surface area contributed by atoms with Crippen LogP contribution >= 0.6 is 11.6 Å². The Hall–Kier alpha value is -2.40. The highest BCUT2D eigenvalue weighted by atomic mass is 35.5. The third-order valence-corrected chi connectivity index (χ3v) is 3.33. The van der Waals surface area contributed by atoms with Crippen LogP contribution in [0.3, 0.4) is 0 Å². The van der Waals surface area contributed by atoms with Gasteiger partial charge in [0.05, 0.1) is 5.56 Å². The molecule has 0 aliphatic rings. The van der Waals surface area contributed by atoms with Crippen molar-refractivity contribution < 1.29 is 18.7 Å². The van der Waals surface area contributed by atoms with Crippen molar-refractivity contribution >= 4 is 23.3 Å². The molecule has 2 aromatic carbocycles. The molecule has 0 aromatic heterocycles. The third kappa shape index (κ3) is 5.07. The number of ether oxygens (including phenoxy) is 1. The Morgan fingerprint density at radius 3 is 2.52 bits per heavy atom. The van der Waals surface area contributed by atoms with Crippen LogP contribution in [0.25, 0.3) is 0 Å². The fraction of sp³-hybridized carbons (Fsp3) is 0.176. The van der Waals surface area contributed by atoms with Crippen LogP contribution in [-0.2, 0) is 11.3 Å². The molecule has 120 valence electrons. The summed E-state index contributed by atoms with van der Waals surface area (Å²) in [6.07, 6.45) is 0. The molecule has 1 amide bonds. The first-order valence-corrected chi connectivity index (χ1v) is 7.28. The van der Waals surface area contributed by atoms with Crippen LogP contribution in [0.5, 0.6) is 5.75 Å². The van der Waals surface area contributed by atoms with Crippen LogP contribution < -0.4 is 10.1 Å². The SMILES string of the molecule is CC(=O)c1cc(F)ccc1OCC(=O)NCc1ccc(Cl)cc1. The number of rotatable bonds is 6. The topological polar surface area (TPSA) is 55.4 Å². The molecule has 0 unspecified atom stereocenters. The second kappa shape index (κ2) is 7.74. The lowest BCUT2D eigenvalue weighted by Crippen LogP contribution is -2.28. The highest BCUT2D eigenvalue weighted by molar-refractivity contribution is 6.30. The van der Waals surface area contributed by atoms with E-state index in [1.54, 1.807) is 24.3 Å². The Kier molecular flexibility index (Phi) is 5.71. The van der Waals surface area contributed by atoms with E-state index in [4.69, 9.17) is 16.3 Å². The van der Waals surface area contributed by atoms with Gasteiger partial charge in [-0.25, -0.2) is 4.39 Å². The first kappa shape index (κ1) is 17.0. The van der Waals surface area contributed by atoms with Crippen molar-refractivity contribution in [2.75, 3.05) is 6.61 Å². The first-order chi connectivity index (χ1) is 11.0. The molecule has 0 aliphatic heterocycles. The van der Waals surface area contributed by atoms with Crippen LogP contribution in [0.1, 0.15) is 22.8 Å². The number of carbonyl (C=O) groups is 2. The zero-order valence-corrected chi connectivity index (χ0v) is 13.2. The largest absolute Gasteiger partial charge is 0.483 e. The van der Waals surface area contributed by atoms with E-state index < -0.39 is 5.82 Å². The zero-order valence-electron chi connectivity index (χ0n) is 12.4. The second-order valence-corrected chi connectivity index (χ2v) is 5.32. The van der Waals surface area contributed by atoms with Gasteiger partial charge in [0.1, 0.15) is 11.6 Å². The summed E-state index contributed by atoms with van der Waals surface area (Å²) in [5, 5.41) is 3.30. The van der Waals surface area contributed by atoms with Gasteiger partial charge >= 0.3 is 0 Å². The van der Waals surface area contributed by atoms with Gasteiger partial charge in [-0.05, 0) is 42.8 Å². The normalized spacial score (nSPS) is 10.2. The van der Waals surface area contributed by atoms with Gasteiger partial charge in [-0.15, -0.1) is 0 Å². The summed E-state index contributed by atoms with van der Waals surface area (Å²) in [7, 11) is 0. The minimum atomic E-state index is -0.533. The maximum atomic E-state index is 13.1. The van der Waals surface area contributed by atoms with Crippen LogP contribution in [-0.4, -0.2) is 18.3 Å². The molecule has 4 nitrogen and oxygen atoms in total. The van der Waals surface area contributed by atoms with E-state index in [1.807, 2.05) is 0 Å². The van der Waals surface area contributed by atoms with E-state index in [-0.39, 0.29) is 29.6 Å². The Morgan fingerprint density at radius 1 is 1.17 bits per heavy atom. The number of Topliss-reactive ketones (excluding diaryl/α,β-unsaturated/α-hetero) is 1. The molecule has 0 fully saturated rings. The lowest BCUT2D eigenvalue weighted by Gasteiger charge is -2.10. The molecule has 0 heterocycles. The second-order valence-electron chi connectivity index (χ2n) is 4.89. The number of hydrogen-bond acceptors (Lipinski definition) is 3. The van der Waals surface area contributed by atoms with Crippen molar-refractivity contribution in [2.45, 2.75) is 13.5 Å². The molecule has 2 rings (SSSR count). The van der Waals surface area contributed by atoms with Crippen molar-refractivity contribution in [1.29, 1.82) is 0 Å². The highest BCUT2D eigenvalue weighted by Crippen LogP contribution is 2.20. The number of halogens is 2. The molecule has 0 radical (unpaired) electrons. The lowest BCUT2D eigenvalue weighted by molar-refractivity contribution is -0.123. The van der Waals surface area contributed by atoms with Crippen LogP contribution in [0, 0.1) is 5.82 Å². The third-order valence-electron chi connectivity index (χ3n) is 3.08. The van der Waals surface area contributed by atoms with Gasteiger partial charge in [-0.2, -0.15) is 0 Å². The van der Waals surface area contributed by atoms with Gasteiger partial charge in [0.15, 0.2) is 12.4 Å². The van der Waals surface area contributed by atoms with Gasteiger partial charge in [0.25, 0.3) is 5.91 Å². The van der Waals surface area contributed by atoms with Gasteiger partial charge in [0.2, 0.25) is 0 Å². The Morgan fingerprint density at radius 2 is 1.87 bits per heavy atom. The number of hydrogen-bond donors (Lipinski definition) is 1. The first-order valence-electron chi connectivity index (χ1n) is 6.90. The van der Waals surface area contributed by atoms with Gasteiger partial charge in [0, 0.05) is 11.6 Å². The average molecular weight is 336 g/mol. The predicted molar refractivity (Wildman–Crippen MR) is 85.2 cm³/mol. The molecule has 0 aliphatic carbocycles. The molecule has 2 aromatic rings. The maximum absolute atomic E-state index is 13.1. The molecular weight excluding hydrogens is 321 g/mol. The monoisotopic (exact) mass is 335 g/mol. The van der Waals surface area contributed by atoms with E-state index in [2.05, 4.69) is 5.32 Å². The van der Waals surface area contributed by atoms with Crippen molar-refractivity contribution in [3.8, 4) is 5.75 Å². The van der Waals surface area contributed by atoms with E-state index in [1.165, 1.54) is 19.1 Å². The van der Waals surface area contributed by atoms with Crippen molar-refractivity contribution in [2.24, 2.45) is 0 Å². The summed E-state index contributed by atoms with van der Waals surface area (Å²) in [4.78, 5) is 23.2. The Bertz CT molecular complexity index is 716. The number of ketones is 1. The van der Waals surface area contributed by atoms with Crippen molar-refractivity contribution in [3.05, 3.63) is 64.4 Å². The van der Waals surface area contributed by atoms with E-state index in [0.717, 1.165) is 11.6 Å². The summed E-state index contributed by atoms with van der Waals surface area (Å²) in [5.74, 6) is -1.03. The van der Waals surface area contributed by atoms with Crippen LogP contribution in [0.15, 0.2) is 42.5 Å². The molecular formula is C17H15ClFNO3. The Labute approximate surface area is 138 Å². The molecule has 0 bridgehead atoms. The molecule has 1 N–H and O–H groups in total.